The SMILES string of the molecule is O=C(O)c1ccc(-c2cc(F)c(Br)cc2F)n1C1CC1. The molecule has 0 aliphatic heterocycles. The number of rotatable bonds is 3. The van der Waals surface area contributed by atoms with E-state index in [0.717, 1.165) is 25.0 Å². The van der Waals surface area contributed by atoms with E-state index in [2.05, 4.69) is 15.9 Å². The number of hydrogen-bond donors (Lipinski definition) is 1. The Hall–Kier alpha value is -1.69. The predicted molar refractivity (Wildman–Crippen MR) is 72.7 cm³/mol. The molecule has 0 saturated heterocycles. The first kappa shape index (κ1) is 13.3. The van der Waals surface area contributed by atoms with E-state index in [1.807, 2.05) is 0 Å². The second-order valence-corrected chi connectivity index (χ2v) is 5.61. The van der Waals surface area contributed by atoms with Crippen LogP contribution < -0.4 is 0 Å². The molecule has 0 atom stereocenters. The number of halogens is 3. The summed E-state index contributed by atoms with van der Waals surface area (Å²) in [6.07, 6.45) is 1.70. The highest BCUT2D eigenvalue weighted by Gasteiger charge is 2.30. The van der Waals surface area contributed by atoms with Crippen molar-refractivity contribution >= 4 is 21.9 Å². The summed E-state index contributed by atoms with van der Waals surface area (Å²) < 4.78 is 29.3. The fourth-order valence-corrected chi connectivity index (χ4v) is 2.60. The maximum atomic E-state index is 14.0. The number of hydrogen-bond acceptors (Lipinski definition) is 1. The van der Waals surface area contributed by atoms with Gasteiger partial charge < -0.3 is 9.67 Å². The Morgan fingerprint density at radius 3 is 2.55 bits per heavy atom. The summed E-state index contributed by atoms with van der Waals surface area (Å²) in [4.78, 5) is 11.2. The Balaban J connectivity index is 2.20. The van der Waals surface area contributed by atoms with Gasteiger partial charge in [-0.1, -0.05) is 0 Å². The van der Waals surface area contributed by atoms with Gasteiger partial charge in [0.1, 0.15) is 17.3 Å². The number of aromatic carboxylic acids is 1. The topological polar surface area (TPSA) is 42.2 Å². The smallest absolute Gasteiger partial charge is 0.352 e. The molecule has 1 N–H and O–H groups in total. The van der Waals surface area contributed by atoms with Gasteiger partial charge in [0.05, 0.1) is 10.2 Å². The van der Waals surface area contributed by atoms with Crippen LogP contribution in [-0.2, 0) is 0 Å². The van der Waals surface area contributed by atoms with Gasteiger partial charge in [0.15, 0.2) is 0 Å². The van der Waals surface area contributed by atoms with Gasteiger partial charge in [-0.3, -0.25) is 0 Å². The molecule has 1 aromatic carbocycles. The van der Waals surface area contributed by atoms with Crippen molar-refractivity contribution in [1.29, 1.82) is 0 Å². The third-order valence-corrected chi connectivity index (χ3v) is 3.94. The zero-order valence-corrected chi connectivity index (χ0v) is 11.8. The fraction of sp³-hybridized carbons (Fsp3) is 0.214. The molecular formula is C14H10BrF2NO2. The lowest BCUT2D eigenvalue weighted by Crippen LogP contribution is -2.08. The minimum Gasteiger partial charge on any atom is -0.477 e. The average molecular weight is 342 g/mol. The molecule has 3 nitrogen and oxygen atoms in total. The molecule has 0 unspecified atom stereocenters. The van der Waals surface area contributed by atoms with Gasteiger partial charge in [0.25, 0.3) is 0 Å². The molecule has 1 aliphatic rings. The number of aromatic nitrogens is 1. The van der Waals surface area contributed by atoms with E-state index in [-0.39, 0.29) is 21.8 Å². The summed E-state index contributed by atoms with van der Waals surface area (Å²) in [5.41, 5.74) is 0.573. The van der Waals surface area contributed by atoms with E-state index in [1.165, 1.54) is 12.1 Å². The Bertz CT molecular complexity index is 707. The summed E-state index contributed by atoms with van der Waals surface area (Å²) in [6, 6.07) is 5.13. The number of nitrogens with zero attached hydrogens (tertiary/aromatic N) is 1. The molecule has 1 aromatic heterocycles. The van der Waals surface area contributed by atoms with Crippen molar-refractivity contribution in [1.82, 2.24) is 4.57 Å². The highest BCUT2D eigenvalue weighted by Crippen LogP contribution is 2.41. The van der Waals surface area contributed by atoms with E-state index in [4.69, 9.17) is 0 Å². The minimum absolute atomic E-state index is 0.0433. The third kappa shape index (κ3) is 2.14. The van der Waals surface area contributed by atoms with Crippen molar-refractivity contribution in [2.45, 2.75) is 18.9 Å². The van der Waals surface area contributed by atoms with Crippen LogP contribution in [-0.4, -0.2) is 15.6 Å². The Labute approximate surface area is 122 Å². The van der Waals surface area contributed by atoms with E-state index >= 15 is 0 Å². The van der Waals surface area contributed by atoms with Crippen molar-refractivity contribution in [3.05, 3.63) is 46.1 Å². The average Bonchev–Trinajstić information content (AvgIpc) is 3.12. The van der Waals surface area contributed by atoms with Crippen LogP contribution in [0.5, 0.6) is 0 Å². The standard InChI is InChI=1S/C14H10BrF2NO2/c15-9-6-10(16)8(5-11(9)17)12-3-4-13(14(19)20)18(12)7-1-2-7/h3-7H,1-2H2,(H,19,20). The molecule has 0 radical (unpaired) electrons. The van der Waals surface area contributed by atoms with E-state index in [0.29, 0.717) is 5.69 Å². The Kier molecular flexibility index (Phi) is 3.12. The maximum absolute atomic E-state index is 14.0. The summed E-state index contributed by atoms with van der Waals surface area (Å²) in [5.74, 6) is -2.24. The molecule has 1 fully saturated rings. The van der Waals surface area contributed by atoms with Crippen molar-refractivity contribution in [3.63, 3.8) is 0 Å². The predicted octanol–water partition coefficient (Wildman–Crippen LogP) is 4.23. The van der Waals surface area contributed by atoms with E-state index in [9.17, 15) is 18.7 Å². The largest absolute Gasteiger partial charge is 0.477 e. The van der Waals surface area contributed by atoms with Crippen LogP contribution in [0.25, 0.3) is 11.3 Å². The normalized spacial score (nSPS) is 14.6. The zero-order valence-electron chi connectivity index (χ0n) is 10.2. The lowest BCUT2D eigenvalue weighted by Gasteiger charge is -2.12. The number of carboxylic acids is 1. The van der Waals surface area contributed by atoms with Crippen LogP contribution in [0.4, 0.5) is 8.78 Å². The molecule has 0 bridgehead atoms. The van der Waals surface area contributed by atoms with Crippen LogP contribution in [0.15, 0.2) is 28.7 Å². The van der Waals surface area contributed by atoms with E-state index < -0.39 is 17.6 Å². The molecule has 20 heavy (non-hydrogen) atoms. The number of benzene rings is 1. The molecule has 0 amide bonds. The van der Waals surface area contributed by atoms with Crippen molar-refractivity contribution in [2.75, 3.05) is 0 Å². The third-order valence-electron chi connectivity index (χ3n) is 3.34. The van der Waals surface area contributed by atoms with Crippen LogP contribution in [0.3, 0.4) is 0 Å². The second-order valence-electron chi connectivity index (χ2n) is 4.76. The summed E-state index contributed by atoms with van der Waals surface area (Å²) in [6.45, 7) is 0. The van der Waals surface area contributed by atoms with Gasteiger partial charge in [-0.15, -0.1) is 0 Å². The van der Waals surface area contributed by atoms with E-state index in [1.54, 1.807) is 4.57 Å². The highest BCUT2D eigenvalue weighted by atomic mass is 79.9. The Morgan fingerprint density at radius 2 is 1.95 bits per heavy atom. The summed E-state index contributed by atoms with van der Waals surface area (Å²) in [5, 5.41) is 9.17. The first-order valence-corrected chi connectivity index (χ1v) is 6.87. The molecule has 1 heterocycles. The van der Waals surface area contributed by atoms with Gasteiger partial charge in [-0.05, 0) is 53.0 Å². The van der Waals surface area contributed by atoms with Crippen LogP contribution in [0.1, 0.15) is 29.4 Å². The number of carbonyl (C=O) groups is 1. The molecule has 2 aromatic rings. The highest BCUT2D eigenvalue weighted by molar-refractivity contribution is 9.10. The van der Waals surface area contributed by atoms with Crippen LogP contribution >= 0.6 is 15.9 Å². The van der Waals surface area contributed by atoms with Gasteiger partial charge in [0.2, 0.25) is 0 Å². The van der Waals surface area contributed by atoms with Crippen molar-refractivity contribution < 1.29 is 18.7 Å². The summed E-state index contributed by atoms with van der Waals surface area (Å²) in [7, 11) is 0. The zero-order chi connectivity index (χ0) is 14.4. The van der Waals surface area contributed by atoms with Gasteiger partial charge in [0, 0.05) is 11.6 Å². The first-order valence-electron chi connectivity index (χ1n) is 6.08. The fourth-order valence-electron chi connectivity index (χ4n) is 2.29. The molecule has 6 heteroatoms. The van der Waals surface area contributed by atoms with Crippen LogP contribution in [0, 0.1) is 11.6 Å². The first-order chi connectivity index (χ1) is 9.49. The maximum Gasteiger partial charge on any atom is 0.352 e. The van der Waals surface area contributed by atoms with Gasteiger partial charge in [-0.2, -0.15) is 0 Å². The molecule has 104 valence electrons. The minimum atomic E-state index is -1.07. The number of carboxylic acid groups (broad SMARTS) is 1. The van der Waals surface area contributed by atoms with Crippen LogP contribution in [0.2, 0.25) is 0 Å². The van der Waals surface area contributed by atoms with Gasteiger partial charge >= 0.3 is 5.97 Å². The van der Waals surface area contributed by atoms with Gasteiger partial charge in [-0.25, -0.2) is 13.6 Å². The second kappa shape index (κ2) is 4.70. The summed E-state index contributed by atoms with van der Waals surface area (Å²) >= 11 is 2.93. The molecular weight excluding hydrogens is 332 g/mol. The molecule has 0 spiro atoms. The molecule has 3 rings (SSSR count). The molecule has 1 aliphatic carbocycles. The van der Waals surface area contributed by atoms with Crippen molar-refractivity contribution in [3.8, 4) is 11.3 Å². The monoisotopic (exact) mass is 341 g/mol. The quantitative estimate of drug-likeness (QED) is 0.849. The lowest BCUT2D eigenvalue weighted by atomic mass is 10.1. The van der Waals surface area contributed by atoms with Crippen molar-refractivity contribution in [2.24, 2.45) is 0 Å². The lowest BCUT2D eigenvalue weighted by molar-refractivity contribution is 0.0685. The molecule has 1 saturated carbocycles. The Morgan fingerprint density at radius 1 is 1.25 bits per heavy atom.